The number of hydrogen-bond donors (Lipinski definition) is 0. The van der Waals surface area contributed by atoms with Crippen molar-refractivity contribution >= 4 is 43.6 Å². The Morgan fingerprint density at radius 2 is 0.771 bits per heavy atom. The minimum absolute atomic E-state index is 0.108. The number of hydrogen-bond acceptors (Lipinski definition) is 0. The molecule has 8 rings (SSSR count). The third-order valence-corrected chi connectivity index (χ3v) is 9.08. The summed E-state index contributed by atoms with van der Waals surface area (Å²) < 4.78 is 91.1. The highest BCUT2D eigenvalue weighted by Crippen LogP contribution is 2.43. The van der Waals surface area contributed by atoms with E-state index in [1.54, 1.807) is 45.5 Å². The summed E-state index contributed by atoms with van der Waals surface area (Å²) in [5.41, 5.74) is 3.09. The van der Waals surface area contributed by atoms with Crippen LogP contribution >= 0.6 is 0 Å². The highest BCUT2D eigenvalue weighted by Gasteiger charge is 2.37. The molecule has 0 bridgehead atoms. The Morgan fingerprint density at radius 1 is 0.396 bits per heavy atom. The van der Waals surface area contributed by atoms with E-state index in [4.69, 9.17) is 0 Å². The molecule has 0 N–H and O–H groups in total. The SMILES string of the molecule is Cc1ccc2c(c1)c1ccccc1n2-c1cc(-c2ccc(C(F)(F)F)c(-n3c4ccccc4c4cc(C)ccc43)c2)ccc1C(F)(F)F. The zero-order chi connectivity index (χ0) is 33.5. The normalized spacial score (nSPS) is 12.6. The van der Waals surface area contributed by atoms with Gasteiger partial charge in [-0.05, 0) is 85.6 Å². The zero-order valence-corrected chi connectivity index (χ0v) is 25.7. The highest BCUT2D eigenvalue weighted by atomic mass is 19.4. The smallest absolute Gasteiger partial charge is 0.309 e. The molecule has 0 aliphatic carbocycles. The quantitative estimate of drug-likeness (QED) is 0.169. The van der Waals surface area contributed by atoms with Gasteiger partial charge in [-0.25, -0.2) is 0 Å². The van der Waals surface area contributed by atoms with E-state index in [1.807, 2.05) is 62.4 Å². The summed E-state index contributed by atoms with van der Waals surface area (Å²) in [6, 6.07) is 33.3. The van der Waals surface area contributed by atoms with Crippen molar-refractivity contribution in [2.45, 2.75) is 26.2 Å². The molecule has 0 spiro atoms. The van der Waals surface area contributed by atoms with Crippen LogP contribution < -0.4 is 0 Å². The van der Waals surface area contributed by atoms with Crippen molar-refractivity contribution in [3.63, 3.8) is 0 Å². The molecular formula is C40H26F6N2. The molecule has 8 aromatic rings. The summed E-state index contributed by atoms with van der Waals surface area (Å²) in [4.78, 5) is 0. The maximum absolute atomic E-state index is 14.7. The lowest BCUT2D eigenvalue weighted by molar-refractivity contribution is -0.138. The van der Waals surface area contributed by atoms with Gasteiger partial charge in [0.15, 0.2) is 0 Å². The third kappa shape index (κ3) is 4.66. The van der Waals surface area contributed by atoms with Crippen LogP contribution in [0, 0.1) is 13.8 Å². The van der Waals surface area contributed by atoms with Crippen LogP contribution in [0.5, 0.6) is 0 Å². The first-order valence-electron chi connectivity index (χ1n) is 15.3. The van der Waals surface area contributed by atoms with E-state index in [0.717, 1.165) is 44.8 Å². The number of aromatic nitrogens is 2. The molecular weight excluding hydrogens is 622 g/mol. The monoisotopic (exact) mass is 648 g/mol. The van der Waals surface area contributed by atoms with Crippen LogP contribution in [-0.2, 0) is 12.4 Å². The van der Waals surface area contributed by atoms with Crippen molar-refractivity contribution in [2.75, 3.05) is 0 Å². The molecule has 2 heterocycles. The molecule has 6 aromatic carbocycles. The van der Waals surface area contributed by atoms with Gasteiger partial charge in [-0.2, -0.15) is 26.3 Å². The van der Waals surface area contributed by atoms with E-state index >= 15 is 0 Å². The van der Waals surface area contributed by atoms with Crippen molar-refractivity contribution in [2.24, 2.45) is 0 Å². The second-order valence-corrected chi connectivity index (χ2v) is 12.2. The van der Waals surface area contributed by atoms with Crippen LogP contribution in [-0.4, -0.2) is 9.13 Å². The van der Waals surface area contributed by atoms with E-state index in [9.17, 15) is 26.3 Å². The fraction of sp³-hybridized carbons (Fsp3) is 0.100. The van der Waals surface area contributed by atoms with Crippen LogP contribution in [0.4, 0.5) is 26.3 Å². The number of halogens is 6. The second-order valence-electron chi connectivity index (χ2n) is 12.2. The molecule has 0 unspecified atom stereocenters. The molecule has 2 aromatic heterocycles. The first-order valence-corrected chi connectivity index (χ1v) is 15.3. The fourth-order valence-corrected chi connectivity index (χ4v) is 6.96. The van der Waals surface area contributed by atoms with Gasteiger partial charge < -0.3 is 9.13 Å². The average Bonchev–Trinajstić information content (AvgIpc) is 3.55. The van der Waals surface area contributed by atoms with Crippen LogP contribution in [0.1, 0.15) is 22.3 Å². The number of aryl methyl sites for hydroxylation is 2. The van der Waals surface area contributed by atoms with Crippen molar-refractivity contribution in [1.29, 1.82) is 0 Å². The van der Waals surface area contributed by atoms with E-state index in [1.165, 1.54) is 24.3 Å². The lowest BCUT2D eigenvalue weighted by atomic mass is 9.99. The Kier molecular flexibility index (Phi) is 6.54. The van der Waals surface area contributed by atoms with Crippen LogP contribution in [0.2, 0.25) is 0 Å². The summed E-state index contributed by atoms with van der Waals surface area (Å²) >= 11 is 0. The van der Waals surface area contributed by atoms with Crippen molar-refractivity contribution < 1.29 is 26.3 Å². The first-order chi connectivity index (χ1) is 22.9. The van der Waals surface area contributed by atoms with Crippen molar-refractivity contribution in [3.8, 4) is 22.5 Å². The zero-order valence-electron chi connectivity index (χ0n) is 25.7. The number of alkyl halides is 6. The molecule has 238 valence electrons. The molecule has 0 aliphatic rings. The van der Waals surface area contributed by atoms with Crippen LogP contribution in [0.3, 0.4) is 0 Å². The second kappa shape index (κ2) is 10.5. The molecule has 8 heteroatoms. The van der Waals surface area contributed by atoms with Crippen LogP contribution in [0.15, 0.2) is 121 Å². The number of benzene rings is 6. The standard InChI is InChI=1S/C40H26F6N2/c1-23-11-17-35-29(19-23)27-7-3-5-9-33(27)47(35)37-21-25(13-15-31(37)39(41,42)43)26-14-16-32(40(44,45)46)38(22-26)48-34-10-6-4-8-28(34)30-20-24(2)12-18-36(30)48/h3-22H,1-2H3. The van der Waals surface area contributed by atoms with Gasteiger partial charge in [-0.3, -0.25) is 0 Å². The minimum atomic E-state index is -4.69. The Balaban J connectivity index is 1.42. The van der Waals surface area contributed by atoms with Gasteiger partial charge in [0.25, 0.3) is 0 Å². The number of fused-ring (bicyclic) bond motifs is 6. The summed E-state index contributed by atoms with van der Waals surface area (Å²) in [6.07, 6.45) is -9.38. The summed E-state index contributed by atoms with van der Waals surface area (Å²) in [6.45, 7) is 3.85. The average molecular weight is 649 g/mol. The topological polar surface area (TPSA) is 9.86 Å². The molecule has 0 aliphatic heterocycles. The number of rotatable bonds is 3. The molecule has 0 atom stereocenters. The lowest BCUT2D eigenvalue weighted by Crippen LogP contribution is -2.12. The lowest BCUT2D eigenvalue weighted by Gasteiger charge is -2.20. The van der Waals surface area contributed by atoms with E-state index in [0.29, 0.717) is 33.2 Å². The highest BCUT2D eigenvalue weighted by molar-refractivity contribution is 6.10. The van der Waals surface area contributed by atoms with Gasteiger partial charge in [0, 0.05) is 21.5 Å². The Bertz CT molecular complexity index is 2390. The van der Waals surface area contributed by atoms with E-state index in [2.05, 4.69) is 0 Å². The fourth-order valence-electron chi connectivity index (χ4n) is 6.96. The number of para-hydroxylation sites is 2. The molecule has 0 radical (unpaired) electrons. The maximum Gasteiger partial charge on any atom is 0.418 e. The summed E-state index contributed by atoms with van der Waals surface area (Å²) in [5.74, 6) is 0. The van der Waals surface area contributed by atoms with Gasteiger partial charge in [0.05, 0.1) is 44.6 Å². The summed E-state index contributed by atoms with van der Waals surface area (Å²) in [5, 5.41) is 3.21. The predicted molar refractivity (Wildman–Crippen MR) is 180 cm³/mol. The van der Waals surface area contributed by atoms with E-state index in [-0.39, 0.29) is 11.4 Å². The molecule has 0 saturated heterocycles. The largest absolute Gasteiger partial charge is 0.418 e. The van der Waals surface area contributed by atoms with Crippen LogP contribution in [0.25, 0.3) is 66.1 Å². The molecule has 0 fully saturated rings. The Labute approximate surface area is 271 Å². The molecule has 2 nitrogen and oxygen atoms in total. The number of nitrogens with zero attached hydrogens (tertiary/aromatic N) is 2. The van der Waals surface area contributed by atoms with Gasteiger partial charge in [-0.15, -0.1) is 0 Å². The van der Waals surface area contributed by atoms with Gasteiger partial charge in [-0.1, -0.05) is 71.8 Å². The van der Waals surface area contributed by atoms with Gasteiger partial charge in [0.1, 0.15) is 0 Å². The molecule has 48 heavy (non-hydrogen) atoms. The van der Waals surface area contributed by atoms with E-state index < -0.39 is 23.5 Å². The summed E-state index contributed by atoms with van der Waals surface area (Å²) in [7, 11) is 0. The van der Waals surface area contributed by atoms with Gasteiger partial charge >= 0.3 is 12.4 Å². The Morgan fingerprint density at radius 3 is 1.17 bits per heavy atom. The first kappa shape index (κ1) is 29.9. The maximum atomic E-state index is 14.7. The van der Waals surface area contributed by atoms with Crippen molar-refractivity contribution in [1.82, 2.24) is 9.13 Å². The predicted octanol–water partition coefficient (Wildman–Crippen LogP) is 12.2. The Hall–Kier alpha value is -5.50. The minimum Gasteiger partial charge on any atom is -0.309 e. The van der Waals surface area contributed by atoms with Crippen molar-refractivity contribution in [3.05, 3.63) is 144 Å². The molecule has 0 saturated carbocycles. The third-order valence-electron chi connectivity index (χ3n) is 9.08. The molecule has 0 amide bonds. The van der Waals surface area contributed by atoms with Gasteiger partial charge in [0.2, 0.25) is 0 Å².